The Hall–Kier alpha value is -1.95. The molecule has 3 amide bonds. The number of piperidine rings is 1. The lowest BCUT2D eigenvalue weighted by Crippen LogP contribution is -2.57. The molecule has 1 aromatic heterocycles. The Labute approximate surface area is 156 Å². The van der Waals surface area contributed by atoms with E-state index in [9.17, 15) is 9.59 Å². The van der Waals surface area contributed by atoms with Gasteiger partial charge in [-0.3, -0.25) is 14.7 Å². The first-order chi connectivity index (χ1) is 12.5. The predicted molar refractivity (Wildman–Crippen MR) is 101 cm³/mol. The number of likely N-dealkylation sites (tertiary alicyclic amines) is 1. The summed E-state index contributed by atoms with van der Waals surface area (Å²) in [6, 6.07) is 4.31. The molecule has 2 saturated heterocycles. The molecule has 0 aliphatic carbocycles. The van der Waals surface area contributed by atoms with Crippen molar-refractivity contribution in [1.82, 2.24) is 19.7 Å². The highest BCUT2D eigenvalue weighted by Gasteiger charge is 2.57. The van der Waals surface area contributed by atoms with E-state index >= 15 is 0 Å². The summed E-state index contributed by atoms with van der Waals surface area (Å²) in [5, 5.41) is 0. The van der Waals surface area contributed by atoms with E-state index in [1.54, 1.807) is 6.20 Å². The molecular weight excluding hydrogens is 328 g/mol. The number of aryl methyl sites for hydroxylation is 1. The van der Waals surface area contributed by atoms with E-state index in [4.69, 9.17) is 0 Å². The smallest absolute Gasteiger partial charge is 0.310 e. The quantitative estimate of drug-likeness (QED) is 0.734. The van der Waals surface area contributed by atoms with Crippen molar-refractivity contribution in [3.05, 3.63) is 30.1 Å². The molecule has 1 spiro atoms. The SMILES string of the molecule is CCN1C(=O)N(CCCc2cccnc2)C(=O)C12CCN(C(C)C)CC2. The lowest BCUT2D eigenvalue weighted by Gasteiger charge is -2.43. The van der Waals surface area contributed by atoms with Gasteiger partial charge in [-0.15, -0.1) is 0 Å². The van der Waals surface area contributed by atoms with Gasteiger partial charge in [0.25, 0.3) is 5.91 Å². The molecule has 2 fully saturated rings. The molecule has 142 valence electrons. The number of urea groups is 1. The summed E-state index contributed by atoms with van der Waals surface area (Å²) in [5.41, 5.74) is 0.518. The van der Waals surface area contributed by atoms with E-state index < -0.39 is 5.54 Å². The Morgan fingerprint density at radius 2 is 1.96 bits per heavy atom. The summed E-state index contributed by atoms with van der Waals surface area (Å²) in [4.78, 5) is 35.9. The van der Waals surface area contributed by atoms with Gasteiger partial charge in [0.1, 0.15) is 5.54 Å². The Balaban J connectivity index is 1.67. The monoisotopic (exact) mass is 358 g/mol. The van der Waals surface area contributed by atoms with Crippen LogP contribution in [0.3, 0.4) is 0 Å². The van der Waals surface area contributed by atoms with Crippen molar-refractivity contribution in [2.45, 2.75) is 58.0 Å². The highest BCUT2D eigenvalue weighted by Crippen LogP contribution is 2.37. The summed E-state index contributed by atoms with van der Waals surface area (Å²) in [6.45, 7) is 9.16. The Kier molecular flexibility index (Phi) is 5.61. The van der Waals surface area contributed by atoms with Crippen LogP contribution in [0.1, 0.15) is 45.6 Å². The Morgan fingerprint density at radius 1 is 1.23 bits per heavy atom. The first-order valence-corrected chi connectivity index (χ1v) is 9.76. The number of likely N-dealkylation sites (N-methyl/N-ethyl adjacent to an activating group) is 1. The van der Waals surface area contributed by atoms with Crippen LogP contribution in [-0.2, 0) is 11.2 Å². The van der Waals surface area contributed by atoms with Crippen molar-refractivity contribution in [2.75, 3.05) is 26.2 Å². The summed E-state index contributed by atoms with van der Waals surface area (Å²) in [7, 11) is 0. The van der Waals surface area contributed by atoms with Gasteiger partial charge < -0.3 is 9.80 Å². The van der Waals surface area contributed by atoms with Gasteiger partial charge in [-0.2, -0.15) is 0 Å². The third-order valence-electron chi connectivity index (χ3n) is 5.86. The van der Waals surface area contributed by atoms with Gasteiger partial charge in [0.2, 0.25) is 0 Å². The number of nitrogens with zero attached hydrogens (tertiary/aromatic N) is 4. The van der Waals surface area contributed by atoms with Crippen LogP contribution < -0.4 is 0 Å². The summed E-state index contributed by atoms with van der Waals surface area (Å²) >= 11 is 0. The molecule has 6 heteroatoms. The van der Waals surface area contributed by atoms with Gasteiger partial charge in [-0.1, -0.05) is 6.07 Å². The van der Waals surface area contributed by atoms with Crippen LogP contribution in [0.4, 0.5) is 4.79 Å². The maximum atomic E-state index is 13.2. The third-order valence-corrected chi connectivity index (χ3v) is 5.86. The zero-order chi connectivity index (χ0) is 18.7. The summed E-state index contributed by atoms with van der Waals surface area (Å²) in [6.07, 6.45) is 6.67. The van der Waals surface area contributed by atoms with E-state index in [1.165, 1.54) is 4.90 Å². The fourth-order valence-electron chi connectivity index (χ4n) is 4.30. The number of carbonyl (C=O) groups excluding carboxylic acids is 2. The van der Waals surface area contributed by atoms with Crippen molar-refractivity contribution in [3.8, 4) is 0 Å². The van der Waals surface area contributed by atoms with Crippen LogP contribution in [0, 0.1) is 0 Å². The molecule has 0 unspecified atom stereocenters. The van der Waals surface area contributed by atoms with Crippen LogP contribution in [0.25, 0.3) is 0 Å². The van der Waals surface area contributed by atoms with Gasteiger partial charge in [-0.05, 0) is 58.1 Å². The number of imide groups is 1. The minimum absolute atomic E-state index is 0.0129. The van der Waals surface area contributed by atoms with Crippen molar-refractivity contribution >= 4 is 11.9 Å². The molecule has 0 atom stereocenters. The van der Waals surface area contributed by atoms with E-state index in [0.717, 1.165) is 44.3 Å². The number of amides is 3. The van der Waals surface area contributed by atoms with E-state index in [-0.39, 0.29) is 11.9 Å². The zero-order valence-corrected chi connectivity index (χ0v) is 16.1. The maximum Gasteiger partial charge on any atom is 0.327 e. The first kappa shape index (κ1) is 18.8. The van der Waals surface area contributed by atoms with Crippen molar-refractivity contribution < 1.29 is 9.59 Å². The number of pyridine rings is 1. The molecule has 26 heavy (non-hydrogen) atoms. The number of rotatable bonds is 6. The third kappa shape index (κ3) is 3.34. The average molecular weight is 358 g/mol. The van der Waals surface area contributed by atoms with Gasteiger partial charge in [0.15, 0.2) is 0 Å². The largest absolute Gasteiger partial charge is 0.327 e. The van der Waals surface area contributed by atoms with Crippen LogP contribution in [0.5, 0.6) is 0 Å². The molecule has 0 radical (unpaired) electrons. The normalized spacial score (nSPS) is 20.6. The van der Waals surface area contributed by atoms with Crippen LogP contribution in [-0.4, -0.2) is 69.4 Å². The second-order valence-electron chi connectivity index (χ2n) is 7.61. The van der Waals surface area contributed by atoms with E-state index in [2.05, 4.69) is 23.7 Å². The van der Waals surface area contributed by atoms with Gasteiger partial charge >= 0.3 is 6.03 Å². The Morgan fingerprint density at radius 3 is 2.54 bits per heavy atom. The molecular formula is C20H30N4O2. The maximum absolute atomic E-state index is 13.2. The molecule has 0 saturated carbocycles. The minimum atomic E-state index is -0.620. The molecule has 1 aromatic rings. The molecule has 3 heterocycles. The van der Waals surface area contributed by atoms with Gasteiger partial charge in [0.05, 0.1) is 0 Å². The first-order valence-electron chi connectivity index (χ1n) is 9.76. The van der Waals surface area contributed by atoms with Gasteiger partial charge in [-0.25, -0.2) is 4.79 Å². The number of hydrogen-bond acceptors (Lipinski definition) is 4. The molecule has 0 aromatic carbocycles. The van der Waals surface area contributed by atoms with Crippen molar-refractivity contribution in [2.24, 2.45) is 0 Å². The standard InChI is InChI=1S/C20H30N4O2/c1-4-24-19(26)23(12-6-8-17-7-5-11-21-15-17)18(25)20(24)9-13-22(14-10-20)16(2)3/h5,7,11,15-16H,4,6,8-10,12-14H2,1-3H3. The molecule has 0 bridgehead atoms. The van der Waals surface area contributed by atoms with Crippen molar-refractivity contribution in [1.29, 1.82) is 0 Å². The van der Waals surface area contributed by atoms with E-state index in [1.807, 2.05) is 30.2 Å². The van der Waals surface area contributed by atoms with Gasteiger partial charge in [0, 0.05) is 44.6 Å². The topological polar surface area (TPSA) is 56.8 Å². The molecule has 6 nitrogen and oxygen atoms in total. The number of hydrogen-bond donors (Lipinski definition) is 0. The number of carbonyl (C=O) groups is 2. The summed E-state index contributed by atoms with van der Waals surface area (Å²) in [5.74, 6) is 0.0129. The van der Waals surface area contributed by atoms with Crippen LogP contribution in [0.2, 0.25) is 0 Å². The highest BCUT2D eigenvalue weighted by atomic mass is 16.2. The fraction of sp³-hybridized carbons (Fsp3) is 0.650. The second kappa shape index (κ2) is 7.74. The highest BCUT2D eigenvalue weighted by molar-refractivity contribution is 6.07. The summed E-state index contributed by atoms with van der Waals surface area (Å²) < 4.78 is 0. The van der Waals surface area contributed by atoms with Crippen LogP contribution in [0.15, 0.2) is 24.5 Å². The van der Waals surface area contributed by atoms with E-state index in [0.29, 0.717) is 19.1 Å². The minimum Gasteiger partial charge on any atom is -0.310 e. The average Bonchev–Trinajstić information content (AvgIpc) is 2.84. The zero-order valence-electron chi connectivity index (χ0n) is 16.1. The lowest BCUT2D eigenvalue weighted by molar-refractivity contribution is -0.135. The Bertz CT molecular complexity index is 638. The number of aromatic nitrogens is 1. The van der Waals surface area contributed by atoms with Crippen molar-refractivity contribution in [3.63, 3.8) is 0 Å². The lowest BCUT2D eigenvalue weighted by atomic mass is 9.85. The molecule has 2 aliphatic rings. The molecule has 3 rings (SSSR count). The fourth-order valence-corrected chi connectivity index (χ4v) is 4.30. The van der Waals surface area contributed by atoms with Crippen LogP contribution >= 0.6 is 0 Å². The second-order valence-corrected chi connectivity index (χ2v) is 7.61. The molecule has 0 N–H and O–H groups in total. The predicted octanol–water partition coefficient (Wildman–Crippen LogP) is 2.54. The molecule has 2 aliphatic heterocycles.